The van der Waals surface area contributed by atoms with Crippen molar-refractivity contribution < 1.29 is 14.4 Å². The molecule has 1 aliphatic heterocycles. The van der Waals surface area contributed by atoms with Gasteiger partial charge in [-0.1, -0.05) is 6.92 Å². The fourth-order valence-corrected chi connectivity index (χ4v) is 3.05. The molecule has 1 aromatic rings. The lowest BCUT2D eigenvalue weighted by atomic mass is 10.1. The van der Waals surface area contributed by atoms with Crippen LogP contribution >= 0.6 is 0 Å². The first-order chi connectivity index (χ1) is 14.1. The number of carbonyl (C=O) groups is 3. The van der Waals surface area contributed by atoms with E-state index in [1.165, 1.54) is 0 Å². The molecule has 1 fully saturated rings. The maximum absolute atomic E-state index is 12.5. The number of nitrogens with zero attached hydrogens (tertiary/aromatic N) is 2. The topological polar surface area (TPSA) is 93.8 Å². The zero-order valence-electron chi connectivity index (χ0n) is 18.7. The first-order valence-corrected chi connectivity index (χ1v) is 10.6. The highest BCUT2D eigenvalue weighted by molar-refractivity contribution is 5.96. The Kier molecular flexibility index (Phi) is 8.23. The Balaban J connectivity index is 1.79. The third-order valence-electron chi connectivity index (χ3n) is 4.93. The van der Waals surface area contributed by atoms with Crippen molar-refractivity contribution in [3.05, 3.63) is 29.8 Å². The Morgan fingerprint density at radius 2 is 1.63 bits per heavy atom. The fraction of sp³-hybridized carbons (Fsp3) is 0.591. The van der Waals surface area contributed by atoms with E-state index < -0.39 is 0 Å². The summed E-state index contributed by atoms with van der Waals surface area (Å²) in [5.41, 5.74) is 0.885. The first-order valence-electron chi connectivity index (χ1n) is 10.6. The molecule has 1 aliphatic rings. The van der Waals surface area contributed by atoms with Crippen molar-refractivity contribution in [1.29, 1.82) is 0 Å². The Morgan fingerprint density at radius 1 is 1.03 bits per heavy atom. The van der Waals surface area contributed by atoms with Crippen LogP contribution in [0.15, 0.2) is 24.3 Å². The van der Waals surface area contributed by atoms with E-state index >= 15 is 0 Å². The van der Waals surface area contributed by atoms with Crippen LogP contribution in [0.2, 0.25) is 0 Å². The quantitative estimate of drug-likeness (QED) is 0.662. The van der Waals surface area contributed by atoms with Crippen LogP contribution in [-0.4, -0.2) is 71.9 Å². The number of nitrogens with one attached hydrogen (secondary N) is 3. The molecule has 166 valence electrons. The van der Waals surface area contributed by atoms with Crippen LogP contribution in [0, 0.1) is 0 Å². The largest absolute Gasteiger partial charge is 0.353 e. The molecular formula is C22H35N5O3. The van der Waals surface area contributed by atoms with Gasteiger partial charge in [0.2, 0.25) is 5.91 Å². The van der Waals surface area contributed by atoms with E-state index in [4.69, 9.17) is 0 Å². The van der Waals surface area contributed by atoms with Crippen LogP contribution in [-0.2, 0) is 4.79 Å². The molecule has 4 amide bonds. The van der Waals surface area contributed by atoms with Gasteiger partial charge in [-0.25, -0.2) is 4.79 Å². The van der Waals surface area contributed by atoms with Gasteiger partial charge >= 0.3 is 6.03 Å². The minimum atomic E-state index is -0.305. The number of piperazine rings is 1. The molecule has 1 aromatic carbocycles. The van der Waals surface area contributed by atoms with Crippen LogP contribution in [0.5, 0.6) is 0 Å². The summed E-state index contributed by atoms with van der Waals surface area (Å²) in [6, 6.07) is 6.85. The third kappa shape index (κ3) is 7.67. The summed E-state index contributed by atoms with van der Waals surface area (Å²) in [5.74, 6) is -0.119. The normalized spacial score (nSPS) is 16.0. The van der Waals surface area contributed by atoms with Crippen molar-refractivity contribution in [2.75, 3.05) is 38.0 Å². The molecule has 8 heteroatoms. The Morgan fingerprint density at radius 3 is 2.17 bits per heavy atom. The summed E-state index contributed by atoms with van der Waals surface area (Å²) < 4.78 is 0. The van der Waals surface area contributed by atoms with E-state index in [1.807, 2.05) is 34.6 Å². The summed E-state index contributed by atoms with van der Waals surface area (Å²) in [7, 11) is 0. The third-order valence-corrected chi connectivity index (χ3v) is 4.93. The molecule has 3 N–H and O–H groups in total. The molecule has 30 heavy (non-hydrogen) atoms. The number of hydrogen-bond donors (Lipinski definition) is 3. The number of urea groups is 1. The number of amides is 4. The lowest BCUT2D eigenvalue weighted by molar-refractivity contribution is -0.123. The maximum Gasteiger partial charge on any atom is 0.321 e. The molecule has 2 rings (SSSR count). The summed E-state index contributed by atoms with van der Waals surface area (Å²) in [5, 5.41) is 8.75. The second kappa shape index (κ2) is 10.4. The van der Waals surface area contributed by atoms with Crippen LogP contribution in [0.4, 0.5) is 10.5 Å². The van der Waals surface area contributed by atoms with Gasteiger partial charge in [-0.05, 0) is 58.4 Å². The molecule has 8 nitrogen and oxygen atoms in total. The van der Waals surface area contributed by atoms with Crippen molar-refractivity contribution in [2.24, 2.45) is 0 Å². The average Bonchev–Trinajstić information content (AvgIpc) is 2.67. The van der Waals surface area contributed by atoms with Crippen molar-refractivity contribution in [2.45, 2.75) is 52.6 Å². The summed E-state index contributed by atoms with van der Waals surface area (Å²) in [4.78, 5) is 40.5. The second-order valence-corrected chi connectivity index (χ2v) is 8.85. The maximum atomic E-state index is 12.5. The van der Waals surface area contributed by atoms with Crippen molar-refractivity contribution >= 4 is 23.5 Å². The van der Waals surface area contributed by atoms with Gasteiger partial charge in [0.15, 0.2) is 0 Å². The second-order valence-electron chi connectivity index (χ2n) is 8.85. The van der Waals surface area contributed by atoms with Crippen LogP contribution in [0.25, 0.3) is 0 Å². The number of rotatable bonds is 6. The lowest BCUT2D eigenvalue weighted by Crippen LogP contribution is -2.52. The van der Waals surface area contributed by atoms with Gasteiger partial charge in [-0.15, -0.1) is 0 Å². The molecule has 0 bridgehead atoms. The summed E-state index contributed by atoms with van der Waals surface area (Å²) in [6.07, 6.45) is 0.905. The van der Waals surface area contributed by atoms with Gasteiger partial charge in [-0.2, -0.15) is 0 Å². The lowest BCUT2D eigenvalue weighted by Gasteiger charge is -2.34. The van der Waals surface area contributed by atoms with Gasteiger partial charge in [0.1, 0.15) is 0 Å². The molecular weight excluding hydrogens is 382 g/mol. The van der Waals surface area contributed by atoms with Gasteiger partial charge in [-0.3, -0.25) is 14.5 Å². The van der Waals surface area contributed by atoms with Crippen molar-refractivity contribution in [1.82, 2.24) is 20.4 Å². The van der Waals surface area contributed by atoms with E-state index in [-0.39, 0.29) is 29.4 Å². The number of anilines is 1. The molecule has 0 spiro atoms. The minimum absolute atomic E-state index is 0.0258. The first kappa shape index (κ1) is 23.7. The highest BCUT2D eigenvalue weighted by Gasteiger charge is 2.23. The standard InChI is InChI=1S/C22H35N5O3/c1-6-16(2)23-19(28)15-26-11-13-27(14-12-26)21(30)24-18-9-7-17(8-10-18)20(29)25-22(3,4)5/h7-10,16H,6,11-15H2,1-5H3,(H,23,28)(H,24,30)(H,25,29). The minimum Gasteiger partial charge on any atom is -0.353 e. The predicted molar refractivity (Wildman–Crippen MR) is 119 cm³/mol. The molecule has 1 heterocycles. The van der Waals surface area contributed by atoms with Crippen molar-refractivity contribution in [3.8, 4) is 0 Å². The number of benzene rings is 1. The van der Waals surface area contributed by atoms with Crippen LogP contribution in [0.1, 0.15) is 51.4 Å². The molecule has 0 aliphatic carbocycles. The Hall–Kier alpha value is -2.61. The van der Waals surface area contributed by atoms with E-state index in [2.05, 4.69) is 20.9 Å². The van der Waals surface area contributed by atoms with E-state index in [0.29, 0.717) is 44.0 Å². The Labute approximate surface area is 179 Å². The highest BCUT2D eigenvalue weighted by Crippen LogP contribution is 2.13. The van der Waals surface area contributed by atoms with E-state index in [0.717, 1.165) is 6.42 Å². The van der Waals surface area contributed by atoms with Gasteiger partial charge in [0.25, 0.3) is 5.91 Å². The predicted octanol–water partition coefficient (Wildman–Crippen LogP) is 2.28. The molecule has 1 atom stereocenters. The van der Waals surface area contributed by atoms with Gasteiger partial charge in [0.05, 0.1) is 6.54 Å². The Bertz CT molecular complexity index is 734. The molecule has 0 saturated carbocycles. The zero-order chi connectivity index (χ0) is 22.3. The van der Waals surface area contributed by atoms with Crippen LogP contribution < -0.4 is 16.0 Å². The highest BCUT2D eigenvalue weighted by atomic mass is 16.2. The smallest absolute Gasteiger partial charge is 0.321 e. The summed E-state index contributed by atoms with van der Waals surface area (Å²) in [6.45, 7) is 12.6. The fourth-order valence-electron chi connectivity index (χ4n) is 3.05. The van der Waals surface area contributed by atoms with E-state index in [9.17, 15) is 14.4 Å². The SMILES string of the molecule is CCC(C)NC(=O)CN1CCN(C(=O)Nc2ccc(C(=O)NC(C)(C)C)cc2)CC1. The number of carbonyl (C=O) groups excluding carboxylic acids is 3. The molecule has 1 unspecified atom stereocenters. The van der Waals surface area contributed by atoms with Crippen molar-refractivity contribution in [3.63, 3.8) is 0 Å². The number of hydrogen-bond acceptors (Lipinski definition) is 4. The summed E-state index contributed by atoms with van der Waals surface area (Å²) >= 11 is 0. The van der Waals surface area contributed by atoms with E-state index in [1.54, 1.807) is 29.2 Å². The average molecular weight is 418 g/mol. The van der Waals surface area contributed by atoms with Crippen LogP contribution in [0.3, 0.4) is 0 Å². The molecule has 1 saturated heterocycles. The monoisotopic (exact) mass is 417 g/mol. The van der Waals surface area contributed by atoms with Gasteiger partial charge in [0, 0.05) is 49.0 Å². The van der Waals surface area contributed by atoms with Gasteiger partial charge < -0.3 is 20.9 Å². The molecule has 0 aromatic heterocycles. The zero-order valence-corrected chi connectivity index (χ0v) is 18.7. The molecule has 0 radical (unpaired) electrons.